The molecule has 0 aromatic rings. The smallest absolute Gasteiger partial charge is 0.326 e. The fourth-order valence-electron chi connectivity index (χ4n) is 1.34. The summed E-state index contributed by atoms with van der Waals surface area (Å²) in [4.78, 5) is 22.1. The van der Waals surface area contributed by atoms with Crippen LogP contribution in [0.2, 0.25) is 0 Å². The first-order chi connectivity index (χ1) is 7.51. The molecule has 1 amide bonds. The van der Waals surface area contributed by atoms with E-state index in [9.17, 15) is 9.59 Å². The van der Waals surface area contributed by atoms with Crippen molar-refractivity contribution in [2.75, 3.05) is 13.2 Å². The van der Waals surface area contributed by atoms with Gasteiger partial charge in [0.05, 0.1) is 0 Å². The molecular weight excluding hydrogens is 212 g/mol. The van der Waals surface area contributed by atoms with Crippen LogP contribution in [0, 0.1) is 0 Å². The number of carbonyl (C=O) groups excluding carboxylic acids is 1. The summed E-state index contributed by atoms with van der Waals surface area (Å²) >= 11 is 0. The molecule has 0 radical (unpaired) electrons. The molecule has 0 bridgehead atoms. The molecule has 4 N–H and O–H groups in total. The van der Waals surface area contributed by atoms with Crippen molar-refractivity contribution in [2.45, 2.75) is 38.8 Å². The molecule has 2 atom stereocenters. The Hall–Kier alpha value is -1.14. The van der Waals surface area contributed by atoms with Gasteiger partial charge in [-0.1, -0.05) is 6.92 Å². The zero-order chi connectivity index (χ0) is 12.6. The minimum Gasteiger partial charge on any atom is -0.480 e. The molecule has 6 nitrogen and oxygen atoms in total. The Balaban J connectivity index is 4.04. The summed E-state index contributed by atoms with van der Waals surface area (Å²) in [5, 5.41) is 22.8. The van der Waals surface area contributed by atoms with Gasteiger partial charge in [0.25, 0.3) is 0 Å². The van der Waals surface area contributed by atoms with Crippen LogP contribution < -0.4 is 10.6 Å². The predicted octanol–water partition coefficient (Wildman–Crippen LogP) is -0.674. The topological polar surface area (TPSA) is 98.7 Å². The van der Waals surface area contributed by atoms with Crippen LogP contribution in [0.1, 0.15) is 26.7 Å². The molecule has 94 valence electrons. The second-order valence-corrected chi connectivity index (χ2v) is 3.63. The number of aliphatic carboxylic acids is 1. The van der Waals surface area contributed by atoms with E-state index in [0.29, 0.717) is 0 Å². The van der Waals surface area contributed by atoms with E-state index < -0.39 is 12.0 Å². The molecule has 0 heterocycles. The molecular formula is C10H20N2O4. The van der Waals surface area contributed by atoms with Gasteiger partial charge < -0.3 is 20.8 Å². The Morgan fingerprint density at radius 3 is 2.44 bits per heavy atom. The van der Waals surface area contributed by atoms with Crippen LogP contribution in [0.25, 0.3) is 0 Å². The van der Waals surface area contributed by atoms with E-state index in [4.69, 9.17) is 10.2 Å². The minimum atomic E-state index is -1.13. The lowest BCUT2D eigenvalue weighted by atomic mass is 10.2. The van der Waals surface area contributed by atoms with Crippen molar-refractivity contribution < 1.29 is 19.8 Å². The number of aliphatic hydroxyl groups is 1. The number of amides is 1. The van der Waals surface area contributed by atoms with Crippen molar-refractivity contribution in [3.8, 4) is 0 Å². The highest BCUT2D eigenvalue weighted by molar-refractivity contribution is 5.83. The standard InChI is InChI=1S/C10H20N2O4/c1-3-11-7(2)6-9(14)12-8(4-5-13)10(15)16/h7-8,11,13H,3-6H2,1-2H3,(H,12,14)(H,15,16)/t7?,8-/m1/s1. The van der Waals surface area contributed by atoms with Gasteiger partial charge >= 0.3 is 5.97 Å². The highest BCUT2D eigenvalue weighted by atomic mass is 16.4. The van der Waals surface area contributed by atoms with Gasteiger partial charge in [-0.15, -0.1) is 0 Å². The van der Waals surface area contributed by atoms with Crippen molar-refractivity contribution in [3.63, 3.8) is 0 Å². The molecule has 0 saturated carbocycles. The number of rotatable bonds is 8. The Bertz CT molecular complexity index is 233. The summed E-state index contributed by atoms with van der Waals surface area (Å²) in [6, 6.07) is -1.00. The van der Waals surface area contributed by atoms with Crippen molar-refractivity contribution >= 4 is 11.9 Å². The van der Waals surface area contributed by atoms with Gasteiger partial charge in [-0.2, -0.15) is 0 Å². The Morgan fingerprint density at radius 1 is 1.38 bits per heavy atom. The number of hydrogen-bond acceptors (Lipinski definition) is 4. The molecule has 6 heteroatoms. The van der Waals surface area contributed by atoms with Crippen LogP contribution in [0.5, 0.6) is 0 Å². The zero-order valence-corrected chi connectivity index (χ0v) is 9.69. The second kappa shape index (κ2) is 8.06. The first-order valence-corrected chi connectivity index (χ1v) is 5.37. The summed E-state index contributed by atoms with van der Waals surface area (Å²) in [7, 11) is 0. The van der Waals surface area contributed by atoms with Crippen LogP contribution in [0.4, 0.5) is 0 Å². The van der Waals surface area contributed by atoms with E-state index in [-0.39, 0.29) is 31.4 Å². The van der Waals surface area contributed by atoms with E-state index in [0.717, 1.165) is 6.54 Å². The molecule has 0 aliphatic carbocycles. The molecule has 0 spiro atoms. The third-order valence-electron chi connectivity index (χ3n) is 2.10. The molecule has 0 aromatic carbocycles. The lowest BCUT2D eigenvalue weighted by Gasteiger charge is -2.16. The van der Waals surface area contributed by atoms with E-state index in [1.807, 2.05) is 13.8 Å². The molecule has 0 saturated heterocycles. The molecule has 1 unspecified atom stereocenters. The highest BCUT2D eigenvalue weighted by Crippen LogP contribution is 1.95. The summed E-state index contributed by atoms with van der Waals surface area (Å²) in [6.07, 6.45) is 0.250. The Kier molecular flexibility index (Phi) is 7.49. The molecule has 0 aromatic heterocycles. The van der Waals surface area contributed by atoms with E-state index in [1.54, 1.807) is 0 Å². The highest BCUT2D eigenvalue weighted by Gasteiger charge is 2.19. The molecule has 16 heavy (non-hydrogen) atoms. The van der Waals surface area contributed by atoms with Crippen LogP contribution in [-0.2, 0) is 9.59 Å². The predicted molar refractivity (Wildman–Crippen MR) is 59.0 cm³/mol. The van der Waals surface area contributed by atoms with Gasteiger partial charge in [0.15, 0.2) is 0 Å². The van der Waals surface area contributed by atoms with E-state index >= 15 is 0 Å². The SMILES string of the molecule is CCNC(C)CC(=O)N[C@H](CCO)C(=O)O. The number of nitrogens with one attached hydrogen (secondary N) is 2. The monoisotopic (exact) mass is 232 g/mol. The first kappa shape index (κ1) is 14.9. The van der Waals surface area contributed by atoms with Gasteiger partial charge in [-0.3, -0.25) is 4.79 Å². The van der Waals surface area contributed by atoms with Gasteiger partial charge in [-0.05, 0) is 13.5 Å². The third-order valence-corrected chi connectivity index (χ3v) is 2.10. The summed E-state index contributed by atoms with van der Waals surface area (Å²) in [6.45, 7) is 4.28. The van der Waals surface area contributed by atoms with Gasteiger partial charge in [0, 0.05) is 25.5 Å². The number of carboxylic acid groups (broad SMARTS) is 1. The lowest BCUT2D eigenvalue weighted by Crippen LogP contribution is -2.43. The zero-order valence-electron chi connectivity index (χ0n) is 9.69. The fraction of sp³-hybridized carbons (Fsp3) is 0.800. The van der Waals surface area contributed by atoms with E-state index in [2.05, 4.69) is 10.6 Å². The molecule has 0 fully saturated rings. The van der Waals surface area contributed by atoms with Crippen molar-refractivity contribution in [3.05, 3.63) is 0 Å². The largest absolute Gasteiger partial charge is 0.480 e. The minimum absolute atomic E-state index is 0.00794. The maximum atomic E-state index is 11.4. The summed E-state index contributed by atoms with van der Waals surface area (Å²) in [5.74, 6) is -1.45. The third kappa shape index (κ3) is 6.36. The maximum absolute atomic E-state index is 11.4. The number of carbonyl (C=O) groups is 2. The molecule has 0 aliphatic rings. The molecule has 0 aliphatic heterocycles. The summed E-state index contributed by atoms with van der Waals surface area (Å²) < 4.78 is 0. The number of aliphatic hydroxyl groups excluding tert-OH is 1. The first-order valence-electron chi connectivity index (χ1n) is 5.37. The maximum Gasteiger partial charge on any atom is 0.326 e. The molecule has 0 rings (SSSR count). The normalized spacial score (nSPS) is 14.2. The van der Waals surface area contributed by atoms with Crippen molar-refractivity contribution in [1.82, 2.24) is 10.6 Å². The Labute approximate surface area is 95.0 Å². The quantitative estimate of drug-likeness (QED) is 0.445. The lowest BCUT2D eigenvalue weighted by molar-refractivity contribution is -0.142. The van der Waals surface area contributed by atoms with Gasteiger partial charge in [0.2, 0.25) is 5.91 Å². The van der Waals surface area contributed by atoms with Crippen molar-refractivity contribution in [2.24, 2.45) is 0 Å². The van der Waals surface area contributed by atoms with Crippen LogP contribution in [0.15, 0.2) is 0 Å². The van der Waals surface area contributed by atoms with Gasteiger partial charge in [-0.25, -0.2) is 4.79 Å². The number of carboxylic acids is 1. The van der Waals surface area contributed by atoms with E-state index in [1.165, 1.54) is 0 Å². The second-order valence-electron chi connectivity index (χ2n) is 3.63. The van der Waals surface area contributed by atoms with Crippen molar-refractivity contribution in [1.29, 1.82) is 0 Å². The fourth-order valence-corrected chi connectivity index (χ4v) is 1.34. The number of hydrogen-bond donors (Lipinski definition) is 4. The Morgan fingerprint density at radius 2 is 2.00 bits per heavy atom. The average molecular weight is 232 g/mol. The van der Waals surface area contributed by atoms with Gasteiger partial charge in [0.1, 0.15) is 6.04 Å². The van der Waals surface area contributed by atoms with Crippen LogP contribution >= 0.6 is 0 Å². The average Bonchev–Trinajstić information content (AvgIpc) is 2.16. The van der Waals surface area contributed by atoms with Crippen LogP contribution in [0.3, 0.4) is 0 Å². The summed E-state index contributed by atoms with van der Waals surface area (Å²) in [5.41, 5.74) is 0. The van der Waals surface area contributed by atoms with Crippen LogP contribution in [-0.4, -0.2) is 47.3 Å².